The van der Waals surface area contributed by atoms with Crippen LogP contribution >= 0.6 is 0 Å². The molecule has 2 aromatic carbocycles. The molecular weight excluding hydrogens is 380 g/mol. The van der Waals surface area contributed by atoms with Gasteiger partial charge in [-0.25, -0.2) is 4.98 Å². The van der Waals surface area contributed by atoms with Gasteiger partial charge in [0.05, 0.1) is 5.69 Å². The first kappa shape index (κ1) is 19.4. The van der Waals surface area contributed by atoms with Crippen LogP contribution in [0.15, 0.2) is 72.1 Å². The maximum Gasteiger partial charge on any atom is 0.271 e. The zero-order valence-electron chi connectivity index (χ0n) is 16.5. The minimum atomic E-state index is -0.686. The van der Waals surface area contributed by atoms with E-state index in [1.54, 1.807) is 6.20 Å². The van der Waals surface area contributed by atoms with Gasteiger partial charge in [-0.3, -0.25) is 14.6 Å². The van der Waals surface area contributed by atoms with E-state index in [1.807, 2.05) is 72.3 Å². The van der Waals surface area contributed by atoms with Gasteiger partial charge in [-0.1, -0.05) is 30.3 Å². The Morgan fingerprint density at radius 1 is 1.13 bits per heavy atom. The number of rotatable bonds is 6. The molecule has 3 N–H and O–H groups in total. The molecular formula is C22H22N6O2. The van der Waals surface area contributed by atoms with E-state index < -0.39 is 11.9 Å². The highest BCUT2D eigenvalue weighted by Gasteiger charge is 2.34. The molecule has 2 heterocycles. The Kier molecular flexibility index (Phi) is 5.30. The Morgan fingerprint density at radius 2 is 1.87 bits per heavy atom. The summed E-state index contributed by atoms with van der Waals surface area (Å²) in [4.78, 5) is 28.8. The topological polar surface area (TPSA) is 106 Å². The average Bonchev–Trinajstić information content (AvgIpc) is 3.37. The predicted octanol–water partition coefficient (Wildman–Crippen LogP) is 2.30. The first-order valence-corrected chi connectivity index (χ1v) is 9.60. The van der Waals surface area contributed by atoms with Crippen molar-refractivity contribution in [3.63, 3.8) is 0 Å². The van der Waals surface area contributed by atoms with Gasteiger partial charge in [0, 0.05) is 31.0 Å². The van der Waals surface area contributed by atoms with Crippen molar-refractivity contribution in [3.05, 3.63) is 78.4 Å². The van der Waals surface area contributed by atoms with Crippen LogP contribution in [0.1, 0.15) is 17.8 Å². The number of carbonyl (C=O) groups is 2. The lowest BCUT2D eigenvalue weighted by molar-refractivity contribution is -0.119. The number of nitrogens with zero attached hydrogens (tertiary/aromatic N) is 4. The van der Waals surface area contributed by atoms with Crippen molar-refractivity contribution >= 4 is 28.9 Å². The summed E-state index contributed by atoms with van der Waals surface area (Å²) in [6.45, 7) is 2.66. The summed E-state index contributed by atoms with van der Waals surface area (Å²) in [5.74, 6) is 0.0704. The van der Waals surface area contributed by atoms with Crippen LogP contribution in [0.25, 0.3) is 0 Å². The molecule has 1 atom stereocenters. The summed E-state index contributed by atoms with van der Waals surface area (Å²) in [7, 11) is 0. The number of carbonyl (C=O) groups excluding carboxylic acids is 2. The molecule has 0 bridgehead atoms. The summed E-state index contributed by atoms with van der Waals surface area (Å²) in [6.07, 6.45) is 3.86. The molecule has 1 aliphatic heterocycles. The Morgan fingerprint density at radius 3 is 2.50 bits per heavy atom. The van der Waals surface area contributed by atoms with Crippen molar-refractivity contribution in [2.45, 2.75) is 25.9 Å². The van der Waals surface area contributed by atoms with Gasteiger partial charge in [-0.05, 0) is 36.8 Å². The lowest BCUT2D eigenvalue weighted by atomic mass is 10.1. The van der Waals surface area contributed by atoms with Crippen molar-refractivity contribution < 1.29 is 9.59 Å². The molecule has 30 heavy (non-hydrogen) atoms. The van der Waals surface area contributed by atoms with Crippen LogP contribution in [0.5, 0.6) is 0 Å². The fourth-order valence-electron chi connectivity index (χ4n) is 3.35. The summed E-state index contributed by atoms with van der Waals surface area (Å²) >= 11 is 0. The number of benzene rings is 2. The van der Waals surface area contributed by atoms with Gasteiger partial charge in [0.15, 0.2) is 0 Å². The Labute approximate surface area is 174 Å². The standard InChI is InChI=1S/C22H22N6O2/c1-15-24-11-12-27(15)14-16-7-9-17(10-8-16)25-22(30)19-13-20(21(23)29)28(26-19)18-5-3-2-4-6-18/h2-12,20H,13-14H2,1H3,(H2,23,29)(H,25,30). The maximum absolute atomic E-state index is 12.7. The Balaban J connectivity index is 1.45. The second-order valence-corrected chi connectivity index (χ2v) is 7.10. The summed E-state index contributed by atoms with van der Waals surface area (Å²) < 4.78 is 2.04. The first-order chi connectivity index (χ1) is 14.5. The average molecular weight is 402 g/mol. The highest BCUT2D eigenvalue weighted by Crippen LogP contribution is 2.24. The second kappa shape index (κ2) is 8.20. The van der Waals surface area contributed by atoms with Crippen LogP contribution in [0, 0.1) is 6.92 Å². The summed E-state index contributed by atoms with van der Waals surface area (Å²) in [5, 5.41) is 8.71. The predicted molar refractivity (Wildman–Crippen MR) is 115 cm³/mol. The van der Waals surface area contributed by atoms with Crippen molar-refractivity contribution in [2.24, 2.45) is 10.8 Å². The van der Waals surface area contributed by atoms with Crippen LogP contribution in [-0.4, -0.2) is 33.1 Å². The molecule has 0 saturated heterocycles. The van der Waals surface area contributed by atoms with E-state index >= 15 is 0 Å². The third-order valence-corrected chi connectivity index (χ3v) is 5.01. The van der Waals surface area contributed by atoms with Gasteiger partial charge >= 0.3 is 0 Å². The molecule has 1 unspecified atom stereocenters. The number of hydrazone groups is 1. The lowest BCUT2D eigenvalue weighted by Crippen LogP contribution is -2.39. The van der Waals surface area contributed by atoms with E-state index in [1.165, 1.54) is 5.01 Å². The van der Waals surface area contributed by atoms with E-state index in [9.17, 15) is 9.59 Å². The quantitative estimate of drug-likeness (QED) is 0.660. The number of nitrogens with one attached hydrogen (secondary N) is 1. The number of aromatic nitrogens is 2. The van der Waals surface area contributed by atoms with Crippen LogP contribution in [-0.2, 0) is 16.1 Å². The highest BCUT2D eigenvalue weighted by atomic mass is 16.2. The number of hydrogen-bond acceptors (Lipinski definition) is 5. The fraction of sp³-hybridized carbons (Fsp3) is 0.182. The number of aryl methyl sites for hydroxylation is 1. The van der Waals surface area contributed by atoms with Gasteiger partial charge in [0.1, 0.15) is 17.6 Å². The molecule has 0 spiro atoms. The SMILES string of the molecule is Cc1nccn1Cc1ccc(NC(=O)C2=NN(c3ccccc3)C(C(N)=O)C2)cc1. The number of para-hydroxylation sites is 1. The maximum atomic E-state index is 12.7. The third kappa shape index (κ3) is 4.07. The molecule has 0 radical (unpaired) electrons. The minimum Gasteiger partial charge on any atom is -0.368 e. The van der Waals surface area contributed by atoms with E-state index in [0.717, 1.165) is 11.4 Å². The fourth-order valence-corrected chi connectivity index (χ4v) is 3.35. The van der Waals surface area contributed by atoms with Gasteiger partial charge in [-0.2, -0.15) is 5.10 Å². The number of hydrogen-bond donors (Lipinski definition) is 2. The molecule has 1 aliphatic rings. The molecule has 0 aliphatic carbocycles. The molecule has 0 fully saturated rings. The highest BCUT2D eigenvalue weighted by molar-refractivity contribution is 6.44. The lowest BCUT2D eigenvalue weighted by Gasteiger charge is -2.20. The number of nitrogens with two attached hydrogens (primary N) is 1. The second-order valence-electron chi connectivity index (χ2n) is 7.10. The summed E-state index contributed by atoms with van der Waals surface area (Å²) in [6, 6.07) is 16.1. The molecule has 3 aromatic rings. The van der Waals surface area contributed by atoms with Crippen molar-refractivity contribution in [1.82, 2.24) is 9.55 Å². The van der Waals surface area contributed by atoms with Crippen molar-refractivity contribution in [2.75, 3.05) is 10.3 Å². The number of amides is 2. The van der Waals surface area contributed by atoms with Crippen LogP contribution in [0.3, 0.4) is 0 Å². The third-order valence-electron chi connectivity index (χ3n) is 5.01. The van der Waals surface area contributed by atoms with Gasteiger partial charge in [-0.15, -0.1) is 0 Å². The monoisotopic (exact) mass is 402 g/mol. The molecule has 152 valence electrons. The van der Waals surface area contributed by atoms with E-state index in [0.29, 0.717) is 17.9 Å². The number of imidazole rings is 1. The van der Waals surface area contributed by atoms with Crippen LogP contribution in [0.4, 0.5) is 11.4 Å². The van der Waals surface area contributed by atoms with E-state index in [4.69, 9.17) is 5.73 Å². The van der Waals surface area contributed by atoms with Crippen molar-refractivity contribution in [1.29, 1.82) is 0 Å². The zero-order chi connectivity index (χ0) is 21.1. The molecule has 0 saturated carbocycles. The van der Waals surface area contributed by atoms with Gasteiger partial charge in [0.25, 0.3) is 5.91 Å². The molecule has 4 rings (SSSR count). The number of anilines is 2. The van der Waals surface area contributed by atoms with Crippen LogP contribution < -0.4 is 16.1 Å². The van der Waals surface area contributed by atoms with Gasteiger partial charge < -0.3 is 15.6 Å². The van der Waals surface area contributed by atoms with Gasteiger partial charge in [0.2, 0.25) is 5.91 Å². The Hall–Kier alpha value is -3.94. The minimum absolute atomic E-state index is 0.161. The molecule has 8 nitrogen and oxygen atoms in total. The largest absolute Gasteiger partial charge is 0.368 e. The number of primary amides is 1. The van der Waals surface area contributed by atoms with E-state index in [-0.39, 0.29) is 18.0 Å². The first-order valence-electron chi connectivity index (χ1n) is 9.60. The molecule has 2 amide bonds. The normalized spacial score (nSPS) is 15.7. The van der Waals surface area contributed by atoms with Crippen molar-refractivity contribution in [3.8, 4) is 0 Å². The molecule has 8 heteroatoms. The smallest absolute Gasteiger partial charge is 0.271 e. The summed E-state index contributed by atoms with van der Waals surface area (Å²) in [5.41, 5.74) is 8.26. The van der Waals surface area contributed by atoms with E-state index in [2.05, 4.69) is 15.4 Å². The zero-order valence-corrected chi connectivity index (χ0v) is 16.5. The Bertz CT molecular complexity index is 1090. The molecule has 1 aromatic heterocycles. The van der Waals surface area contributed by atoms with Crippen LogP contribution in [0.2, 0.25) is 0 Å².